The van der Waals surface area contributed by atoms with Gasteiger partial charge in [0.1, 0.15) is 18.1 Å². The summed E-state index contributed by atoms with van der Waals surface area (Å²) in [7, 11) is 1.58. The van der Waals surface area contributed by atoms with Crippen molar-refractivity contribution in [2.24, 2.45) is 0 Å². The van der Waals surface area contributed by atoms with Crippen LogP contribution < -0.4 is 14.8 Å². The van der Waals surface area contributed by atoms with Gasteiger partial charge in [-0.1, -0.05) is 6.07 Å². The molecule has 1 amide bonds. The van der Waals surface area contributed by atoms with E-state index in [0.29, 0.717) is 48.7 Å². The first-order valence-corrected chi connectivity index (χ1v) is 9.81. The number of ketones is 1. The summed E-state index contributed by atoms with van der Waals surface area (Å²) in [6.45, 7) is 1.12. The van der Waals surface area contributed by atoms with Gasteiger partial charge < -0.3 is 14.8 Å². The summed E-state index contributed by atoms with van der Waals surface area (Å²) >= 11 is 0. The number of anilines is 1. The van der Waals surface area contributed by atoms with Gasteiger partial charge in [-0.25, -0.2) is 0 Å². The van der Waals surface area contributed by atoms with E-state index in [1.807, 2.05) is 24.4 Å². The van der Waals surface area contributed by atoms with Crippen LogP contribution in [0.4, 0.5) is 5.69 Å². The molecule has 1 heterocycles. The van der Waals surface area contributed by atoms with Crippen LogP contribution in [0, 0.1) is 0 Å². The summed E-state index contributed by atoms with van der Waals surface area (Å²) in [5.41, 5.74) is 1.29. The molecule has 156 valence electrons. The lowest BCUT2D eigenvalue weighted by Gasteiger charge is -2.09. The molecule has 0 aliphatic rings. The highest BCUT2D eigenvalue weighted by Crippen LogP contribution is 2.18. The number of nitrogens with zero attached hydrogens (tertiary/aromatic N) is 2. The predicted octanol–water partition coefficient (Wildman–Crippen LogP) is 3.96. The van der Waals surface area contributed by atoms with E-state index < -0.39 is 0 Å². The predicted molar refractivity (Wildman–Crippen MR) is 114 cm³/mol. The zero-order chi connectivity index (χ0) is 21.2. The van der Waals surface area contributed by atoms with Crippen LogP contribution in [0.1, 0.15) is 29.6 Å². The third-order valence-corrected chi connectivity index (χ3v) is 4.49. The Balaban J connectivity index is 1.40. The van der Waals surface area contributed by atoms with E-state index in [2.05, 4.69) is 10.4 Å². The second-order valence-electron chi connectivity index (χ2n) is 6.70. The molecule has 0 radical (unpaired) electrons. The molecular formula is C23H25N3O4. The molecule has 0 atom stereocenters. The quantitative estimate of drug-likeness (QED) is 0.487. The highest BCUT2D eigenvalue weighted by atomic mass is 16.5. The Morgan fingerprint density at radius 3 is 2.60 bits per heavy atom. The summed E-state index contributed by atoms with van der Waals surface area (Å²) in [6, 6.07) is 16.1. The van der Waals surface area contributed by atoms with Crippen LogP contribution >= 0.6 is 0 Å². The van der Waals surface area contributed by atoms with Crippen molar-refractivity contribution in [1.82, 2.24) is 9.78 Å². The first kappa shape index (κ1) is 21.1. The number of methoxy groups -OCH3 is 1. The molecule has 1 N–H and O–H groups in total. The molecule has 1 aromatic heterocycles. The number of hydrogen-bond acceptors (Lipinski definition) is 5. The van der Waals surface area contributed by atoms with Crippen LogP contribution in [0.5, 0.6) is 11.5 Å². The second-order valence-corrected chi connectivity index (χ2v) is 6.70. The third-order valence-electron chi connectivity index (χ3n) is 4.49. The molecule has 7 nitrogen and oxygen atoms in total. The summed E-state index contributed by atoms with van der Waals surface area (Å²) in [5, 5.41) is 6.97. The number of carbonyl (C=O) groups is 2. The Kier molecular flexibility index (Phi) is 7.60. The summed E-state index contributed by atoms with van der Waals surface area (Å²) in [6.07, 6.45) is 4.67. The number of hydrogen-bond donors (Lipinski definition) is 1. The minimum absolute atomic E-state index is 0.0121. The fraction of sp³-hybridized carbons (Fsp3) is 0.261. The molecule has 3 aromatic rings. The van der Waals surface area contributed by atoms with Crippen LogP contribution in [0.3, 0.4) is 0 Å². The third kappa shape index (κ3) is 6.48. The Bertz CT molecular complexity index is 953. The number of ether oxygens (including phenoxy) is 2. The van der Waals surface area contributed by atoms with Gasteiger partial charge in [0.05, 0.1) is 13.7 Å². The van der Waals surface area contributed by atoms with Gasteiger partial charge in [0.2, 0.25) is 5.91 Å². The first-order valence-electron chi connectivity index (χ1n) is 9.81. The minimum atomic E-state index is -0.133. The van der Waals surface area contributed by atoms with Gasteiger partial charge in [-0.05, 0) is 48.9 Å². The Morgan fingerprint density at radius 2 is 1.87 bits per heavy atom. The highest BCUT2D eigenvalue weighted by Gasteiger charge is 2.09. The van der Waals surface area contributed by atoms with E-state index in [1.165, 1.54) is 0 Å². The Morgan fingerprint density at radius 1 is 1.03 bits per heavy atom. The fourth-order valence-corrected chi connectivity index (χ4v) is 2.91. The summed E-state index contributed by atoms with van der Waals surface area (Å²) in [5.74, 6) is 1.26. The molecule has 0 saturated carbocycles. The van der Waals surface area contributed by atoms with Gasteiger partial charge in [0.25, 0.3) is 0 Å². The number of benzene rings is 2. The monoisotopic (exact) mass is 407 g/mol. The maximum Gasteiger partial charge on any atom is 0.224 e. The molecule has 0 spiro atoms. The van der Waals surface area contributed by atoms with Crippen LogP contribution in [0.15, 0.2) is 67.0 Å². The lowest BCUT2D eigenvalue weighted by Crippen LogP contribution is -2.12. The molecule has 0 aliphatic heterocycles. The van der Waals surface area contributed by atoms with Crippen molar-refractivity contribution in [2.45, 2.75) is 25.8 Å². The van der Waals surface area contributed by atoms with Crippen LogP contribution in [0.25, 0.3) is 0 Å². The average Bonchev–Trinajstić information content (AvgIpc) is 3.27. The number of rotatable bonds is 11. The van der Waals surface area contributed by atoms with Crippen molar-refractivity contribution in [3.05, 3.63) is 72.6 Å². The van der Waals surface area contributed by atoms with E-state index in [9.17, 15) is 9.59 Å². The van der Waals surface area contributed by atoms with E-state index in [4.69, 9.17) is 9.47 Å². The van der Waals surface area contributed by atoms with Crippen molar-refractivity contribution in [2.75, 3.05) is 19.0 Å². The molecule has 0 aliphatic carbocycles. The Labute approximate surface area is 175 Å². The molecule has 7 heteroatoms. The van der Waals surface area contributed by atoms with Gasteiger partial charge >= 0.3 is 0 Å². The lowest BCUT2D eigenvalue weighted by molar-refractivity contribution is -0.116. The standard InChI is InChI=1S/C23H25N3O4/c1-29-20-11-9-18(10-12-20)22(27)7-3-8-23(28)25-19-5-2-6-21(17-19)30-16-15-26-14-4-13-24-26/h2,4-6,9-14,17H,3,7-8,15-16H2,1H3,(H,25,28). The minimum Gasteiger partial charge on any atom is -0.497 e. The Hall–Kier alpha value is -3.61. The summed E-state index contributed by atoms with van der Waals surface area (Å²) in [4.78, 5) is 24.4. The molecule has 0 bridgehead atoms. The molecule has 0 fully saturated rings. The first-order chi connectivity index (χ1) is 14.6. The maximum atomic E-state index is 12.2. The van der Waals surface area contributed by atoms with Crippen LogP contribution in [0.2, 0.25) is 0 Å². The highest BCUT2D eigenvalue weighted by molar-refractivity contribution is 5.97. The molecule has 0 unspecified atom stereocenters. The average molecular weight is 407 g/mol. The maximum absolute atomic E-state index is 12.2. The SMILES string of the molecule is COc1ccc(C(=O)CCCC(=O)Nc2cccc(OCCn3cccn3)c2)cc1. The fourth-order valence-electron chi connectivity index (χ4n) is 2.91. The molecule has 0 saturated heterocycles. The molecule has 2 aromatic carbocycles. The molecular weight excluding hydrogens is 382 g/mol. The largest absolute Gasteiger partial charge is 0.497 e. The molecule has 3 rings (SSSR count). The topological polar surface area (TPSA) is 82.5 Å². The van der Waals surface area contributed by atoms with E-state index in [-0.39, 0.29) is 18.1 Å². The van der Waals surface area contributed by atoms with E-state index in [1.54, 1.807) is 54.4 Å². The van der Waals surface area contributed by atoms with Crippen molar-refractivity contribution in [3.8, 4) is 11.5 Å². The number of aromatic nitrogens is 2. The van der Waals surface area contributed by atoms with Crippen molar-refractivity contribution < 1.29 is 19.1 Å². The van der Waals surface area contributed by atoms with Crippen LogP contribution in [-0.4, -0.2) is 35.2 Å². The second kappa shape index (κ2) is 10.8. The zero-order valence-corrected chi connectivity index (χ0v) is 16.9. The van der Waals surface area contributed by atoms with Crippen molar-refractivity contribution in [1.29, 1.82) is 0 Å². The smallest absolute Gasteiger partial charge is 0.224 e. The van der Waals surface area contributed by atoms with E-state index >= 15 is 0 Å². The van der Waals surface area contributed by atoms with E-state index in [0.717, 1.165) is 0 Å². The lowest BCUT2D eigenvalue weighted by atomic mass is 10.1. The number of amides is 1. The van der Waals surface area contributed by atoms with Gasteiger partial charge in [-0.3, -0.25) is 14.3 Å². The van der Waals surface area contributed by atoms with Crippen molar-refractivity contribution in [3.63, 3.8) is 0 Å². The van der Waals surface area contributed by atoms with Gasteiger partial charge in [0.15, 0.2) is 5.78 Å². The van der Waals surface area contributed by atoms with Gasteiger partial charge in [0, 0.05) is 42.6 Å². The number of carbonyl (C=O) groups excluding carboxylic acids is 2. The molecule has 30 heavy (non-hydrogen) atoms. The summed E-state index contributed by atoms with van der Waals surface area (Å²) < 4.78 is 12.6. The number of Topliss-reactive ketones (excluding diaryl/α,β-unsaturated/α-hetero) is 1. The van der Waals surface area contributed by atoms with Gasteiger partial charge in [-0.15, -0.1) is 0 Å². The van der Waals surface area contributed by atoms with Gasteiger partial charge in [-0.2, -0.15) is 5.10 Å². The number of nitrogens with one attached hydrogen (secondary N) is 1. The van der Waals surface area contributed by atoms with Crippen molar-refractivity contribution >= 4 is 17.4 Å². The van der Waals surface area contributed by atoms with Crippen LogP contribution in [-0.2, 0) is 11.3 Å². The zero-order valence-electron chi connectivity index (χ0n) is 16.9. The normalized spacial score (nSPS) is 10.4.